The van der Waals surface area contributed by atoms with E-state index in [0.717, 1.165) is 17.6 Å². The van der Waals surface area contributed by atoms with Gasteiger partial charge < -0.3 is 5.32 Å². The number of aryl methyl sites for hydroxylation is 1. The predicted molar refractivity (Wildman–Crippen MR) is 60.3 cm³/mol. The molecule has 0 saturated heterocycles. The van der Waals surface area contributed by atoms with Crippen molar-refractivity contribution in [3.63, 3.8) is 0 Å². The van der Waals surface area contributed by atoms with Gasteiger partial charge in [-0.25, -0.2) is 18.1 Å². The average molecular weight is 229 g/mol. The summed E-state index contributed by atoms with van der Waals surface area (Å²) in [7, 11) is -3.10. The molecule has 1 rings (SSSR count). The molecule has 0 aliphatic carbocycles. The smallest absolute Gasteiger partial charge is 0.208 e. The van der Waals surface area contributed by atoms with Gasteiger partial charge in [0.2, 0.25) is 10.0 Å². The van der Waals surface area contributed by atoms with E-state index in [1.807, 2.05) is 19.1 Å². The molecule has 0 unspecified atom stereocenters. The van der Waals surface area contributed by atoms with Gasteiger partial charge in [0.15, 0.2) is 0 Å². The maximum Gasteiger partial charge on any atom is 0.208 e. The van der Waals surface area contributed by atoms with Gasteiger partial charge in [-0.1, -0.05) is 6.07 Å². The Balaban J connectivity index is 2.36. The van der Waals surface area contributed by atoms with Crippen LogP contribution >= 0.6 is 0 Å². The fourth-order valence-corrected chi connectivity index (χ4v) is 1.56. The van der Waals surface area contributed by atoms with E-state index in [9.17, 15) is 8.42 Å². The highest BCUT2D eigenvalue weighted by atomic mass is 32.2. The third-order valence-electron chi connectivity index (χ3n) is 1.79. The van der Waals surface area contributed by atoms with E-state index in [-0.39, 0.29) is 0 Å². The summed E-state index contributed by atoms with van der Waals surface area (Å²) in [6, 6.07) is 3.80. The molecule has 2 N–H and O–H groups in total. The second-order valence-electron chi connectivity index (χ2n) is 3.26. The lowest BCUT2D eigenvalue weighted by molar-refractivity contribution is 0.589. The summed E-state index contributed by atoms with van der Waals surface area (Å²) in [6.07, 6.45) is 2.83. The second kappa shape index (κ2) is 5.09. The quantitative estimate of drug-likeness (QED) is 0.715. The van der Waals surface area contributed by atoms with Crippen molar-refractivity contribution in [2.75, 3.05) is 24.7 Å². The number of hydrogen-bond donors (Lipinski definition) is 2. The Labute approximate surface area is 90.0 Å². The molecule has 5 nitrogen and oxygen atoms in total. The van der Waals surface area contributed by atoms with Gasteiger partial charge in [-0.2, -0.15) is 0 Å². The third kappa shape index (κ3) is 4.75. The highest BCUT2D eigenvalue weighted by molar-refractivity contribution is 7.88. The van der Waals surface area contributed by atoms with Crippen molar-refractivity contribution in [2.24, 2.45) is 0 Å². The van der Waals surface area contributed by atoms with Gasteiger partial charge in [-0.15, -0.1) is 0 Å². The molecule has 0 saturated carbocycles. The highest BCUT2D eigenvalue weighted by Crippen LogP contribution is 2.07. The molecule has 0 aromatic carbocycles. The summed E-state index contributed by atoms with van der Waals surface area (Å²) in [5.74, 6) is 0.785. The van der Waals surface area contributed by atoms with Crippen LogP contribution in [-0.4, -0.2) is 32.7 Å². The van der Waals surface area contributed by atoms with E-state index in [1.165, 1.54) is 0 Å². The minimum absolute atomic E-state index is 0.356. The van der Waals surface area contributed by atoms with E-state index >= 15 is 0 Å². The molecule has 0 aliphatic heterocycles. The standard InChI is InChI=1S/C9H15N3O2S/c1-8-4-3-5-10-9(8)11-6-7-12-15(2,13)14/h3-5,12H,6-7H2,1-2H3,(H,10,11). The van der Waals surface area contributed by atoms with Crippen molar-refractivity contribution in [1.29, 1.82) is 0 Å². The molecule has 0 atom stereocenters. The highest BCUT2D eigenvalue weighted by Gasteiger charge is 2.00. The maximum absolute atomic E-state index is 10.8. The van der Waals surface area contributed by atoms with Crippen LogP contribution in [0.15, 0.2) is 18.3 Å². The van der Waals surface area contributed by atoms with Gasteiger partial charge in [0.25, 0.3) is 0 Å². The average Bonchev–Trinajstić information content (AvgIpc) is 2.13. The second-order valence-corrected chi connectivity index (χ2v) is 5.10. The number of pyridine rings is 1. The van der Waals surface area contributed by atoms with Gasteiger partial charge >= 0.3 is 0 Å². The van der Waals surface area contributed by atoms with Crippen molar-refractivity contribution < 1.29 is 8.42 Å². The van der Waals surface area contributed by atoms with E-state index in [4.69, 9.17) is 0 Å². The maximum atomic E-state index is 10.8. The van der Waals surface area contributed by atoms with Crippen LogP contribution in [-0.2, 0) is 10.0 Å². The van der Waals surface area contributed by atoms with E-state index in [2.05, 4.69) is 15.0 Å². The molecule has 1 heterocycles. The summed E-state index contributed by atoms with van der Waals surface area (Å²) in [5.41, 5.74) is 1.04. The SMILES string of the molecule is Cc1cccnc1NCCNS(C)(=O)=O. The Morgan fingerprint density at radius 2 is 2.13 bits per heavy atom. The molecular weight excluding hydrogens is 214 g/mol. The van der Waals surface area contributed by atoms with Crippen molar-refractivity contribution in [3.8, 4) is 0 Å². The first-order chi connectivity index (χ1) is 6.99. The Morgan fingerprint density at radius 3 is 2.73 bits per heavy atom. The monoisotopic (exact) mass is 229 g/mol. The fraction of sp³-hybridized carbons (Fsp3) is 0.444. The normalized spacial score (nSPS) is 11.3. The topological polar surface area (TPSA) is 71.1 Å². The number of nitrogens with one attached hydrogen (secondary N) is 2. The van der Waals surface area contributed by atoms with Crippen LogP contribution in [0.2, 0.25) is 0 Å². The molecule has 6 heteroatoms. The van der Waals surface area contributed by atoms with Crippen molar-refractivity contribution in [2.45, 2.75) is 6.92 Å². The molecular formula is C9H15N3O2S. The molecule has 1 aromatic rings. The minimum Gasteiger partial charge on any atom is -0.369 e. The fourth-order valence-electron chi connectivity index (χ4n) is 1.09. The predicted octanol–water partition coefficient (Wildman–Crippen LogP) is 0.351. The van der Waals surface area contributed by atoms with Crippen molar-refractivity contribution in [3.05, 3.63) is 23.9 Å². The number of aromatic nitrogens is 1. The molecule has 0 amide bonds. The van der Waals surface area contributed by atoms with E-state index in [1.54, 1.807) is 6.20 Å². The largest absolute Gasteiger partial charge is 0.369 e. The summed E-state index contributed by atoms with van der Waals surface area (Å²) in [6.45, 7) is 2.82. The van der Waals surface area contributed by atoms with Gasteiger partial charge in [0, 0.05) is 19.3 Å². The zero-order chi connectivity index (χ0) is 11.3. The first kappa shape index (κ1) is 11.9. The van der Waals surface area contributed by atoms with Crippen LogP contribution in [0, 0.1) is 6.92 Å². The number of rotatable bonds is 5. The van der Waals surface area contributed by atoms with Crippen molar-refractivity contribution >= 4 is 15.8 Å². The number of sulfonamides is 1. The summed E-state index contributed by atoms with van der Waals surface area (Å²) < 4.78 is 23.9. The van der Waals surface area contributed by atoms with Gasteiger partial charge in [0.1, 0.15) is 5.82 Å². The summed E-state index contributed by atoms with van der Waals surface area (Å²) in [5, 5.41) is 3.05. The molecule has 0 radical (unpaired) electrons. The van der Waals surface area contributed by atoms with E-state index < -0.39 is 10.0 Å². The van der Waals surface area contributed by atoms with Gasteiger partial charge in [-0.05, 0) is 18.6 Å². The van der Waals surface area contributed by atoms with Gasteiger partial charge in [0.05, 0.1) is 6.26 Å². The molecule has 0 fully saturated rings. The molecule has 0 bridgehead atoms. The van der Waals surface area contributed by atoms with Crippen LogP contribution in [0.1, 0.15) is 5.56 Å². The zero-order valence-electron chi connectivity index (χ0n) is 8.82. The van der Waals surface area contributed by atoms with Crippen LogP contribution in [0.25, 0.3) is 0 Å². The summed E-state index contributed by atoms with van der Waals surface area (Å²) >= 11 is 0. The van der Waals surface area contributed by atoms with Crippen LogP contribution in [0.5, 0.6) is 0 Å². The Kier molecular flexibility index (Phi) is 4.05. The lowest BCUT2D eigenvalue weighted by Gasteiger charge is -2.07. The molecule has 15 heavy (non-hydrogen) atoms. The molecule has 0 spiro atoms. The van der Waals surface area contributed by atoms with Crippen LogP contribution in [0.3, 0.4) is 0 Å². The first-order valence-electron chi connectivity index (χ1n) is 4.59. The Bertz CT molecular complexity index is 417. The molecule has 0 aliphatic rings. The van der Waals surface area contributed by atoms with E-state index in [0.29, 0.717) is 13.1 Å². The Morgan fingerprint density at radius 1 is 1.40 bits per heavy atom. The summed E-state index contributed by atoms with van der Waals surface area (Å²) in [4.78, 5) is 4.12. The van der Waals surface area contributed by atoms with Gasteiger partial charge in [-0.3, -0.25) is 0 Å². The number of anilines is 1. The zero-order valence-corrected chi connectivity index (χ0v) is 9.63. The number of hydrogen-bond acceptors (Lipinski definition) is 4. The Hall–Kier alpha value is -1.14. The van der Waals surface area contributed by atoms with Crippen LogP contribution < -0.4 is 10.0 Å². The number of nitrogens with zero attached hydrogens (tertiary/aromatic N) is 1. The lowest BCUT2D eigenvalue weighted by atomic mass is 10.3. The molecule has 84 valence electrons. The first-order valence-corrected chi connectivity index (χ1v) is 6.48. The minimum atomic E-state index is -3.10. The lowest BCUT2D eigenvalue weighted by Crippen LogP contribution is -2.27. The van der Waals surface area contributed by atoms with Crippen molar-refractivity contribution in [1.82, 2.24) is 9.71 Å². The van der Waals surface area contributed by atoms with Crippen LogP contribution in [0.4, 0.5) is 5.82 Å². The third-order valence-corrected chi connectivity index (χ3v) is 2.52. The molecule has 1 aromatic heterocycles.